The average Bonchev–Trinajstić information content (AvgIpc) is 2.60. The number of anilines is 2. The molecule has 0 heterocycles. The van der Waals surface area contributed by atoms with E-state index in [4.69, 9.17) is 4.74 Å². The number of ether oxygens (including phenoxy) is 1. The van der Waals surface area contributed by atoms with Gasteiger partial charge in [-0.25, -0.2) is 0 Å². The molecule has 2 nitrogen and oxygen atoms in total. The van der Waals surface area contributed by atoms with Crippen LogP contribution in [0.3, 0.4) is 0 Å². The normalized spacial score (nSPS) is 11.6. The minimum absolute atomic E-state index is 0.822. The summed E-state index contributed by atoms with van der Waals surface area (Å²) in [6, 6.07) is 16.0. The minimum Gasteiger partial charge on any atom is -0.497 e. The molecule has 0 fully saturated rings. The Bertz CT molecular complexity index is 748. The molecule has 4 heteroatoms. The van der Waals surface area contributed by atoms with Crippen LogP contribution in [-0.4, -0.2) is 7.11 Å². The first-order valence-corrected chi connectivity index (χ1v) is 8.71. The molecule has 2 aromatic rings. The van der Waals surface area contributed by atoms with Crippen LogP contribution in [0.1, 0.15) is 6.92 Å². The summed E-state index contributed by atoms with van der Waals surface area (Å²) in [5, 5.41) is 0. The van der Waals surface area contributed by atoms with Crippen molar-refractivity contribution in [1.82, 2.24) is 0 Å². The van der Waals surface area contributed by atoms with E-state index < -0.39 is 0 Å². The quantitative estimate of drug-likeness (QED) is 0.438. The second-order valence-electron chi connectivity index (χ2n) is 5.04. The summed E-state index contributed by atoms with van der Waals surface area (Å²) in [5.74, 6) is 0.829. The monoisotopic (exact) mass is 401 g/mol. The Labute approximate surface area is 157 Å². The number of halogens is 1. The van der Waals surface area contributed by atoms with Crippen molar-refractivity contribution in [1.29, 1.82) is 0 Å². The van der Waals surface area contributed by atoms with Crippen LogP contribution in [0.2, 0.25) is 0 Å². The van der Waals surface area contributed by atoms with Crippen molar-refractivity contribution in [3.05, 3.63) is 83.5 Å². The Morgan fingerprint density at radius 3 is 2.04 bits per heavy atom. The fourth-order valence-corrected chi connectivity index (χ4v) is 2.54. The van der Waals surface area contributed by atoms with Gasteiger partial charge in [-0.3, -0.25) is 0 Å². The zero-order valence-electron chi connectivity index (χ0n) is 13.7. The third kappa shape index (κ3) is 4.79. The smallest absolute Gasteiger partial charge is 0.119 e. The first-order valence-electron chi connectivity index (χ1n) is 7.47. The standard InChI is InChI=1S/C20H20BrNOS/c1-4-16(6-5-15(2)21)22(18-9-13-20(24)14-10-18)17-7-11-19(23-3)12-8-17/h4-14,24H,2H2,1,3H3/b6-5-,16-4+. The number of allylic oxidation sites excluding steroid dienone is 4. The molecule has 2 rings (SSSR count). The van der Waals surface area contributed by atoms with Crippen molar-refractivity contribution in [2.24, 2.45) is 0 Å². The molecule has 0 aliphatic carbocycles. The summed E-state index contributed by atoms with van der Waals surface area (Å²) in [7, 11) is 1.67. The van der Waals surface area contributed by atoms with Gasteiger partial charge in [0.1, 0.15) is 5.75 Å². The first kappa shape index (κ1) is 18.4. The number of methoxy groups -OCH3 is 1. The molecule has 0 bridgehead atoms. The first-order chi connectivity index (χ1) is 11.5. The Balaban J connectivity index is 2.50. The van der Waals surface area contributed by atoms with Gasteiger partial charge < -0.3 is 9.64 Å². The van der Waals surface area contributed by atoms with Crippen LogP contribution in [0, 0.1) is 0 Å². The highest BCUT2D eigenvalue weighted by molar-refractivity contribution is 9.11. The highest BCUT2D eigenvalue weighted by Gasteiger charge is 2.12. The molecule has 0 spiro atoms. The topological polar surface area (TPSA) is 12.5 Å². The summed E-state index contributed by atoms with van der Waals surface area (Å²) < 4.78 is 6.08. The lowest BCUT2D eigenvalue weighted by atomic mass is 10.2. The van der Waals surface area contributed by atoms with Crippen LogP contribution in [-0.2, 0) is 0 Å². The third-order valence-corrected chi connectivity index (χ3v) is 3.99. The summed E-state index contributed by atoms with van der Waals surface area (Å²) >= 11 is 7.74. The molecule has 0 amide bonds. The van der Waals surface area contributed by atoms with E-state index in [2.05, 4.69) is 46.1 Å². The number of hydrogen-bond acceptors (Lipinski definition) is 3. The molecule has 0 atom stereocenters. The second kappa shape index (κ2) is 8.81. The van der Waals surface area contributed by atoms with E-state index in [0.29, 0.717) is 0 Å². The summed E-state index contributed by atoms with van der Waals surface area (Å²) in [5.41, 5.74) is 3.13. The SMILES string of the molecule is C=C(Br)/C=C\C(=C/C)N(c1ccc(S)cc1)c1ccc(OC)cc1. The molecule has 2 aromatic carbocycles. The Hall–Kier alpha value is -1.91. The van der Waals surface area contributed by atoms with Crippen LogP contribution in [0.15, 0.2) is 88.4 Å². The van der Waals surface area contributed by atoms with Crippen LogP contribution < -0.4 is 9.64 Å². The maximum Gasteiger partial charge on any atom is 0.119 e. The molecule has 0 saturated carbocycles. The molecule has 0 radical (unpaired) electrons. The third-order valence-electron chi connectivity index (χ3n) is 3.43. The molecule has 124 valence electrons. The molecule has 0 aliphatic rings. The summed E-state index contributed by atoms with van der Waals surface area (Å²) in [6.07, 6.45) is 6.01. The molecule has 0 saturated heterocycles. The molecular weight excluding hydrogens is 382 g/mol. The van der Waals surface area contributed by atoms with Crippen molar-refractivity contribution < 1.29 is 4.74 Å². The van der Waals surface area contributed by atoms with Gasteiger partial charge in [0.15, 0.2) is 0 Å². The van der Waals surface area contributed by atoms with E-state index in [0.717, 1.165) is 32.2 Å². The van der Waals surface area contributed by atoms with Gasteiger partial charge in [-0.05, 0) is 67.6 Å². The van der Waals surface area contributed by atoms with Gasteiger partial charge >= 0.3 is 0 Å². The largest absolute Gasteiger partial charge is 0.497 e. The summed E-state index contributed by atoms with van der Waals surface area (Å²) in [4.78, 5) is 3.10. The van der Waals surface area contributed by atoms with Gasteiger partial charge in [-0.15, -0.1) is 12.6 Å². The fourth-order valence-electron chi connectivity index (χ4n) is 2.26. The molecular formula is C20H20BrNOS. The Morgan fingerprint density at radius 2 is 1.58 bits per heavy atom. The lowest BCUT2D eigenvalue weighted by Crippen LogP contribution is -2.15. The number of rotatable bonds is 6. The van der Waals surface area contributed by atoms with Gasteiger partial charge in [-0.1, -0.05) is 28.6 Å². The fraction of sp³-hybridized carbons (Fsp3) is 0.100. The maximum absolute atomic E-state index is 5.26. The van der Waals surface area contributed by atoms with E-state index in [1.54, 1.807) is 7.11 Å². The van der Waals surface area contributed by atoms with Crippen molar-refractivity contribution >= 4 is 39.9 Å². The van der Waals surface area contributed by atoms with Gasteiger partial charge in [0.2, 0.25) is 0 Å². The number of nitrogens with zero attached hydrogens (tertiary/aromatic N) is 1. The van der Waals surface area contributed by atoms with Crippen molar-refractivity contribution in [2.45, 2.75) is 11.8 Å². The lowest BCUT2D eigenvalue weighted by Gasteiger charge is -2.26. The van der Waals surface area contributed by atoms with E-state index in [9.17, 15) is 0 Å². The molecule has 0 unspecified atom stereocenters. The Morgan fingerprint density at radius 1 is 1.04 bits per heavy atom. The maximum atomic E-state index is 5.26. The second-order valence-corrected chi connectivity index (χ2v) is 6.58. The zero-order valence-corrected chi connectivity index (χ0v) is 16.2. The van der Waals surface area contributed by atoms with Crippen LogP contribution >= 0.6 is 28.6 Å². The predicted octanol–water partition coefficient (Wildman–Crippen LogP) is 6.49. The van der Waals surface area contributed by atoms with Crippen LogP contribution in [0.25, 0.3) is 0 Å². The lowest BCUT2D eigenvalue weighted by molar-refractivity contribution is 0.415. The van der Waals surface area contributed by atoms with Crippen LogP contribution in [0.4, 0.5) is 11.4 Å². The van der Waals surface area contributed by atoms with Gasteiger partial charge in [0.05, 0.1) is 7.11 Å². The molecule has 0 N–H and O–H groups in total. The predicted molar refractivity (Wildman–Crippen MR) is 110 cm³/mol. The number of thiol groups is 1. The zero-order chi connectivity index (χ0) is 17.5. The van der Waals surface area contributed by atoms with Gasteiger partial charge in [-0.2, -0.15) is 0 Å². The number of hydrogen-bond donors (Lipinski definition) is 1. The Kier molecular flexibility index (Phi) is 6.76. The molecule has 24 heavy (non-hydrogen) atoms. The molecule has 0 aromatic heterocycles. The van der Waals surface area contributed by atoms with Gasteiger partial charge in [0.25, 0.3) is 0 Å². The van der Waals surface area contributed by atoms with E-state index in [1.807, 2.05) is 67.6 Å². The van der Waals surface area contributed by atoms with Crippen molar-refractivity contribution in [3.63, 3.8) is 0 Å². The summed E-state index contributed by atoms with van der Waals surface area (Å²) in [6.45, 7) is 5.87. The highest BCUT2D eigenvalue weighted by atomic mass is 79.9. The van der Waals surface area contributed by atoms with Crippen molar-refractivity contribution in [3.8, 4) is 5.75 Å². The average molecular weight is 402 g/mol. The minimum atomic E-state index is 0.822. The van der Waals surface area contributed by atoms with E-state index in [-0.39, 0.29) is 0 Å². The number of benzene rings is 2. The van der Waals surface area contributed by atoms with Gasteiger partial charge in [0, 0.05) is 26.4 Å². The van der Waals surface area contributed by atoms with Crippen molar-refractivity contribution in [2.75, 3.05) is 12.0 Å². The molecule has 0 aliphatic heterocycles. The van der Waals surface area contributed by atoms with Crippen LogP contribution in [0.5, 0.6) is 5.75 Å². The highest BCUT2D eigenvalue weighted by Crippen LogP contribution is 2.32. The van der Waals surface area contributed by atoms with E-state index >= 15 is 0 Å². The van der Waals surface area contributed by atoms with E-state index in [1.165, 1.54) is 0 Å².